The van der Waals surface area contributed by atoms with Crippen molar-refractivity contribution in [3.8, 4) is 0 Å². The van der Waals surface area contributed by atoms with Gasteiger partial charge >= 0.3 is 0 Å². The van der Waals surface area contributed by atoms with Gasteiger partial charge in [-0.1, -0.05) is 15.9 Å². The third-order valence-corrected chi connectivity index (χ3v) is 3.05. The number of carbonyl (C=O) groups excluding carboxylic acids is 1. The highest BCUT2D eigenvalue weighted by molar-refractivity contribution is 9.10. The Morgan fingerprint density at radius 3 is 3.00 bits per heavy atom. The molecule has 1 saturated heterocycles. The molecule has 1 heterocycles. The third-order valence-electron chi connectivity index (χ3n) is 2.56. The van der Waals surface area contributed by atoms with Gasteiger partial charge in [-0.15, -0.1) is 0 Å². The number of hydrogen-bond donors (Lipinski definition) is 2. The molecule has 86 valence electrons. The number of amides is 1. The number of hydrogen-bond acceptors (Lipinski definition) is 2. The molecule has 2 rings (SSSR count). The Hall–Kier alpha value is -1.10. The zero-order valence-electron chi connectivity index (χ0n) is 8.59. The fraction of sp³-hybridized carbons (Fsp3) is 0.364. The fourth-order valence-corrected chi connectivity index (χ4v) is 2.03. The van der Waals surface area contributed by atoms with Crippen LogP contribution < -0.4 is 10.6 Å². The number of anilines is 1. The molecule has 1 atom stereocenters. The highest BCUT2D eigenvalue weighted by atomic mass is 79.9. The molecular weight excluding hydrogens is 275 g/mol. The first kappa shape index (κ1) is 11.4. The molecule has 1 unspecified atom stereocenters. The van der Waals surface area contributed by atoms with Crippen molar-refractivity contribution in [3.63, 3.8) is 0 Å². The molecule has 0 aliphatic carbocycles. The van der Waals surface area contributed by atoms with Crippen LogP contribution in [0.1, 0.15) is 12.8 Å². The van der Waals surface area contributed by atoms with E-state index in [0.717, 1.165) is 6.42 Å². The van der Waals surface area contributed by atoms with E-state index in [1.165, 1.54) is 6.07 Å². The maximum atomic E-state index is 13.4. The van der Waals surface area contributed by atoms with Gasteiger partial charge in [-0.05, 0) is 24.6 Å². The van der Waals surface area contributed by atoms with Crippen LogP contribution in [0.2, 0.25) is 0 Å². The summed E-state index contributed by atoms with van der Waals surface area (Å²) in [7, 11) is 0. The summed E-state index contributed by atoms with van der Waals surface area (Å²) in [5.74, 6) is -0.221. The standard InChI is InChI=1S/C11H12BrFN2O/c12-7-1-3-10(9(13)5-7)14-6-8-2-4-11(16)15-8/h1,3,5,8,14H,2,4,6H2,(H,15,16). The lowest BCUT2D eigenvalue weighted by Gasteiger charge is -2.12. The first-order valence-electron chi connectivity index (χ1n) is 5.13. The maximum Gasteiger partial charge on any atom is 0.220 e. The van der Waals surface area contributed by atoms with E-state index in [1.54, 1.807) is 12.1 Å². The Bertz CT molecular complexity index is 411. The molecule has 2 N–H and O–H groups in total. The summed E-state index contributed by atoms with van der Waals surface area (Å²) < 4.78 is 14.1. The zero-order valence-corrected chi connectivity index (χ0v) is 10.2. The topological polar surface area (TPSA) is 41.1 Å². The van der Waals surface area contributed by atoms with Crippen molar-refractivity contribution < 1.29 is 9.18 Å². The first-order valence-corrected chi connectivity index (χ1v) is 5.93. The van der Waals surface area contributed by atoms with Gasteiger partial charge in [0.15, 0.2) is 0 Å². The van der Waals surface area contributed by atoms with Gasteiger partial charge in [0, 0.05) is 23.5 Å². The van der Waals surface area contributed by atoms with E-state index in [2.05, 4.69) is 26.6 Å². The van der Waals surface area contributed by atoms with Crippen LogP contribution >= 0.6 is 15.9 Å². The summed E-state index contributed by atoms with van der Waals surface area (Å²) in [6.07, 6.45) is 1.37. The van der Waals surface area contributed by atoms with Crippen molar-refractivity contribution in [2.24, 2.45) is 0 Å². The highest BCUT2D eigenvalue weighted by Crippen LogP contribution is 2.19. The van der Waals surface area contributed by atoms with Gasteiger partial charge in [-0.25, -0.2) is 4.39 Å². The van der Waals surface area contributed by atoms with Crippen LogP contribution in [0.25, 0.3) is 0 Å². The summed E-state index contributed by atoms with van der Waals surface area (Å²) in [6.45, 7) is 0.560. The summed E-state index contributed by atoms with van der Waals surface area (Å²) in [6, 6.07) is 4.97. The Morgan fingerprint density at radius 1 is 1.56 bits per heavy atom. The van der Waals surface area contributed by atoms with Gasteiger partial charge in [0.25, 0.3) is 0 Å². The molecule has 1 aliphatic heterocycles. The molecule has 0 radical (unpaired) electrons. The van der Waals surface area contributed by atoms with E-state index in [0.29, 0.717) is 23.1 Å². The Morgan fingerprint density at radius 2 is 2.38 bits per heavy atom. The van der Waals surface area contributed by atoms with Crippen LogP contribution in [0.5, 0.6) is 0 Å². The Kier molecular flexibility index (Phi) is 3.43. The molecule has 1 aromatic rings. The monoisotopic (exact) mass is 286 g/mol. The van der Waals surface area contributed by atoms with Crippen LogP contribution in [0, 0.1) is 5.82 Å². The molecular formula is C11H12BrFN2O. The summed E-state index contributed by atoms with van der Waals surface area (Å²) >= 11 is 3.20. The van der Waals surface area contributed by atoms with Gasteiger partial charge in [0.05, 0.1) is 5.69 Å². The molecule has 0 aromatic heterocycles. The van der Waals surface area contributed by atoms with Gasteiger partial charge in [0.2, 0.25) is 5.91 Å². The summed E-state index contributed by atoms with van der Waals surface area (Å²) in [5, 5.41) is 5.81. The molecule has 3 nitrogen and oxygen atoms in total. The van der Waals surface area contributed by atoms with Crippen LogP contribution in [-0.4, -0.2) is 18.5 Å². The molecule has 5 heteroatoms. The summed E-state index contributed by atoms with van der Waals surface area (Å²) in [5.41, 5.74) is 0.462. The normalized spacial score (nSPS) is 19.6. The third kappa shape index (κ3) is 2.72. The van der Waals surface area contributed by atoms with E-state index in [9.17, 15) is 9.18 Å². The smallest absolute Gasteiger partial charge is 0.220 e. The minimum Gasteiger partial charge on any atom is -0.381 e. The van der Waals surface area contributed by atoms with E-state index in [1.807, 2.05) is 0 Å². The van der Waals surface area contributed by atoms with Crippen LogP contribution in [0.3, 0.4) is 0 Å². The van der Waals surface area contributed by atoms with Gasteiger partial charge in [-0.2, -0.15) is 0 Å². The van der Waals surface area contributed by atoms with E-state index in [-0.39, 0.29) is 17.8 Å². The van der Waals surface area contributed by atoms with Crippen LogP contribution in [0.4, 0.5) is 10.1 Å². The molecule has 0 bridgehead atoms. The largest absolute Gasteiger partial charge is 0.381 e. The Balaban J connectivity index is 1.92. The minimum atomic E-state index is -0.293. The first-order chi connectivity index (χ1) is 7.65. The van der Waals surface area contributed by atoms with Crippen LogP contribution in [0.15, 0.2) is 22.7 Å². The lowest BCUT2D eigenvalue weighted by atomic mass is 10.2. The number of rotatable bonds is 3. The molecule has 0 saturated carbocycles. The molecule has 1 aliphatic rings. The lowest BCUT2D eigenvalue weighted by molar-refractivity contribution is -0.119. The molecule has 1 fully saturated rings. The second kappa shape index (κ2) is 4.82. The number of halogens is 2. The molecule has 1 amide bonds. The van der Waals surface area contributed by atoms with Crippen molar-refractivity contribution >= 4 is 27.5 Å². The number of nitrogens with one attached hydrogen (secondary N) is 2. The van der Waals surface area contributed by atoms with Crippen molar-refractivity contribution in [2.75, 3.05) is 11.9 Å². The summed E-state index contributed by atoms with van der Waals surface area (Å²) in [4.78, 5) is 11.0. The van der Waals surface area contributed by atoms with Gasteiger partial charge < -0.3 is 10.6 Å². The maximum absolute atomic E-state index is 13.4. The van der Waals surface area contributed by atoms with E-state index < -0.39 is 0 Å². The number of carbonyl (C=O) groups is 1. The van der Waals surface area contributed by atoms with Crippen molar-refractivity contribution in [1.29, 1.82) is 0 Å². The van der Waals surface area contributed by atoms with E-state index >= 15 is 0 Å². The lowest BCUT2D eigenvalue weighted by Crippen LogP contribution is -2.31. The van der Waals surface area contributed by atoms with Crippen molar-refractivity contribution in [2.45, 2.75) is 18.9 Å². The molecule has 1 aromatic carbocycles. The SMILES string of the molecule is O=C1CCC(CNc2ccc(Br)cc2F)N1. The molecule has 16 heavy (non-hydrogen) atoms. The quantitative estimate of drug-likeness (QED) is 0.895. The Labute approximate surface area is 102 Å². The second-order valence-corrected chi connectivity index (χ2v) is 4.72. The number of benzene rings is 1. The highest BCUT2D eigenvalue weighted by Gasteiger charge is 2.20. The zero-order chi connectivity index (χ0) is 11.5. The average Bonchev–Trinajstić information content (AvgIpc) is 2.63. The van der Waals surface area contributed by atoms with Crippen molar-refractivity contribution in [3.05, 3.63) is 28.5 Å². The van der Waals surface area contributed by atoms with Crippen LogP contribution in [-0.2, 0) is 4.79 Å². The van der Waals surface area contributed by atoms with Gasteiger partial charge in [0.1, 0.15) is 5.82 Å². The average molecular weight is 287 g/mol. The predicted octanol–water partition coefficient (Wildman–Crippen LogP) is 2.28. The molecule has 0 spiro atoms. The van der Waals surface area contributed by atoms with E-state index in [4.69, 9.17) is 0 Å². The van der Waals surface area contributed by atoms with Crippen molar-refractivity contribution in [1.82, 2.24) is 5.32 Å². The fourth-order valence-electron chi connectivity index (χ4n) is 1.70. The minimum absolute atomic E-state index is 0.0723. The van der Waals surface area contributed by atoms with Gasteiger partial charge in [-0.3, -0.25) is 4.79 Å². The predicted molar refractivity (Wildman–Crippen MR) is 63.8 cm³/mol. The second-order valence-electron chi connectivity index (χ2n) is 3.81.